The number of anilines is 1. The van der Waals surface area contributed by atoms with Gasteiger partial charge < -0.3 is 4.90 Å². The maximum atomic E-state index is 14.2. The zero-order valence-corrected chi connectivity index (χ0v) is 22.6. The highest BCUT2D eigenvalue weighted by atomic mass is 35.5. The maximum absolute atomic E-state index is 14.2. The number of thiophene rings is 1. The molecule has 35 heavy (non-hydrogen) atoms. The number of carbonyl (C=O) groups excluding carboxylic acids is 1. The van der Waals surface area contributed by atoms with Crippen molar-refractivity contribution in [3.63, 3.8) is 0 Å². The van der Waals surface area contributed by atoms with Gasteiger partial charge in [-0.3, -0.25) is 9.69 Å². The molecule has 0 bridgehead atoms. The Hall–Kier alpha value is -2.84. The van der Waals surface area contributed by atoms with Crippen LogP contribution in [0.15, 0.2) is 60.0 Å². The Morgan fingerprint density at radius 2 is 1.74 bits per heavy atom. The second-order valence-electron chi connectivity index (χ2n) is 8.74. The number of benzene rings is 2. The number of aryl methyl sites for hydroxylation is 2. The van der Waals surface area contributed by atoms with Crippen molar-refractivity contribution in [2.45, 2.75) is 13.8 Å². The lowest BCUT2D eigenvalue weighted by Gasteiger charge is -2.23. The lowest BCUT2D eigenvalue weighted by molar-refractivity contribution is 0.0986. The number of hydrogen-bond donors (Lipinski definition) is 0. The number of pyridine rings is 1. The molecule has 5 rings (SSSR count). The van der Waals surface area contributed by atoms with Crippen LogP contribution in [0.4, 0.5) is 5.13 Å². The highest BCUT2D eigenvalue weighted by molar-refractivity contribution is 7.22. The molecule has 180 valence electrons. The third-order valence-electron chi connectivity index (χ3n) is 5.78. The molecule has 0 N–H and O–H groups in total. The van der Waals surface area contributed by atoms with E-state index in [1.54, 1.807) is 22.7 Å². The SMILES string of the molecule is Cc1cc(C)c2sc(N(CCN(C)C)C(=O)c3cc(-c4cccs4)nc4ccccc34)nc2c1.Cl. The predicted octanol–water partition coefficient (Wildman–Crippen LogP) is 6.82. The number of amides is 1. The number of fused-ring (bicyclic) bond motifs is 2. The van der Waals surface area contributed by atoms with Gasteiger partial charge in [0, 0.05) is 18.5 Å². The summed E-state index contributed by atoms with van der Waals surface area (Å²) in [4.78, 5) is 28.9. The summed E-state index contributed by atoms with van der Waals surface area (Å²) in [5, 5.41) is 3.62. The van der Waals surface area contributed by atoms with Crippen LogP contribution in [0.1, 0.15) is 21.5 Å². The van der Waals surface area contributed by atoms with Gasteiger partial charge in [0.15, 0.2) is 5.13 Å². The molecule has 3 aromatic heterocycles. The Kier molecular flexibility index (Phi) is 7.52. The quantitative estimate of drug-likeness (QED) is 0.245. The van der Waals surface area contributed by atoms with Crippen LogP contribution in [0, 0.1) is 13.8 Å². The smallest absolute Gasteiger partial charge is 0.260 e. The normalized spacial score (nSPS) is 11.2. The minimum absolute atomic E-state index is 0. The summed E-state index contributed by atoms with van der Waals surface area (Å²) in [5.74, 6) is -0.0494. The molecule has 0 radical (unpaired) electrons. The molecule has 1 amide bonds. The summed E-state index contributed by atoms with van der Waals surface area (Å²) < 4.78 is 1.13. The Morgan fingerprint density at radius 3 is 2.49 bits per heavy atom. The third-order valence-corrected chi connectivity index (χ3v) is 7.90. The molecular formula is C27H27ClN4OS2. The summed E-state index contributed by atoms with van der Waals surface area (Å²) in [6, 6.07) is 18.1. The summed E-state index contributed by atoms with van der Waals surface area (Å²) in [6.45, 7) is 5.47. The first-order valence-corrected chi connectivity index (χ1v) is 12.9. The fraction of sp³-hybridized carbons (Fsp3) is 0.222. The van der Waals surface area contributed by atoms with Crippen molar-refractivity contribution in [1.29, 1.82) is 0 Å². The van der Waals surface area contributed by atoms with Crippen LogP contribution < -0.4 is 4.90 Å². The third kappa shape index (κ3) is 5.09. The van der Waals surface area contributed by atoms with Gasteiger partial charge >= 0.3 is 0 Å². The van der Waals surface area contributed by atoms with Crippen molar-refractivity contribution in [1.82, 2.24) is 14.9 Å². The number of aromatic nitrogens is 2. The summed E-state index contributed by atoms with van der Waals surface area (Å²) >= 11 is 3.21. The van der Waals surface area contributed by atoms with E-state index in [2.05, 4.69) is 30.9 Å². The molecule has 0 unspecified atom stereocenters. The first kappa shape index (κ1) is 25.3. The second-order valence-corrected chi connectivity index (χ2v) is 10.7. The molecule has 0 saturated heterocycles. The predicted molar refractivity (Wildman–Crippen MR) is 152 cm³/mol. The van der Waals surface area contributed by atoms with Gasteiger partial charge in [0.1, 0.15) is 0 Å². The summed E-state index contributed by atoms with van der Waals surface area (Å²) in [5.41, 5.74) is 5.60. The topological polar surface area (TPSA) is 49.3 Å². The molecule has 0 saturated carbocycles. The Morgan fingerprint density at radius 1 is 0.943 bits per heavy atom. The number of halogens is 1. The van der Waals surface area contributed by atoms with E-state index in [0.717, 1.165) is 43.4 Å². The lowest BCUT2D eigenvalue weighted by atomic mass is 10.1. The molecule has 0 aliphatic carbocycles. The standard InChI is InChI=1S/C27H26N4OS2.ClH/c1-17-14-18(2)25-23(15-17)29-27(34-25)31(12-11-30(3)4)26(32)20-16-22(24-10-7-13-33-24)28-21-9-6-5-8-19(20)21;/h5-10,13-16H,11-12H2,1-4H3;1H. The van der Waals surface area contributed by atoms with Crippen LogP contribution in [0.3, 0.4) is 0 Å². The lowest BCUT2D eigenvalue weighted by Crippen LogP contribution is -2.37. The van der Waals surface area contributed by atoms with E-state index in [9.17, 15) is 4.79 Å². The van der Waals surface area contributed by atoms with Crippen molar-refractivity contribution < 1.29 is 4.79 Å². The monoisotopic (exact) mass is 522 g/mol. The number of nitrogens with zero attached hydrogens (tertiary/aromatic N) is 4. The van der Waals surface area contributed by atoms with E-state index < -0.39 is 0 Å². The Labute approximate surface area is 219 Å². The molecule has 0 spiro atoms. The van der Waals surface area contributed by atoms with Gasteiger partial charge in [0.05, 0.1) is 31.9 Å². The number of likely N-dealkylation sites (N-methyl/N-ethyl adjacent to an activating group) is 1. The van der Waals surface area contributed by atoms with Crippen molar-refractivity contribution in [2.24, 2.45) is 0 Å². The van der Waals surface area contributed by atoms with Gasteiger partial charge in [-0.05, 0) is 68.7 Å². The number of carbonyl (C=O) groups is 1. The van der Waals surface area contributed by atoms with Crippen LogP contribution in [-0.2, 0) is 0 Å². The fourth-order valence-corrected chi connectivity index (χ4v) is 5.84. The number of thiazole rings is 1. The largest absolute Gasteiger partial charge is 0.308 e. The van der Waals surface area contributed by atoms with E-state index >= 15 is 0 Å². The maximum Gasteiger partial charge on any atom is 0.260 e. The van der Waals surface area contributed by atoms with Crippen molar-refractivity contribution >= 4 is 67.2 Å². The summed E-state index contributed by atoms with van der Waals surface area (Å²) in [6.07, 6.45) is 0. The number of hydrogen-bond acceptors (Lipinski definition) is 6. The van der Waals surface area contributed by atoms with Crippen molar-refractivity contribution in [3.8, 4) is 10.6 Å². The zero-order chi connectivity index (χ0) is 23.8. The molecule has 0 aliphatic rings. The Balaban J connectivity index is 0.00000289. The minimum atomic E-state index is -0.0494. The number of para-hydroxylation sites is 1. The van der Waals surface area contributed by atoms with Gasteiger partial charge in [-0.2, -0.15) is 0 Å². The van der Waals surface area contributed by atoms with Crippen LogP contribution in [-0.4, -0.2) is 48.0 Å². The van der Waals surface area contributed by atoms with E-state index in [1.165, 1.54) is 11.1 Å². The van der Waals surface area contributed by atoms with E-state index in [0.29, 0.717) is 12.1 Å². The summed E-state index contributed by atoms with van der Waals surface area (Å²) in [7, 11) is 4.04. The van der Waals surface area contributed by atoms with Crippen molar-refractivity contribution in [3.05, 3.63) is 76.7 Å². The van der Waals surface area contributed by atoms with Gasteiger partial charge in [-0.25, -0.2) is 9.97 Å². The molecule has 5 nitrogen and oxygen atoms in total. The van der Waals surface area contributed by atoms with Crippen LogP contribution in [0.25, 0.3) is 31.7 Å². The molecular weight excluding hydrogens is 496 g/mol. The van der Waals surface area contributed by atoms with Crippen LogP contribution in [0.5, 0.6) is 0 Å². The molecule has 5 aromatic rings. The van der Waals surface area contributed by atoms with Gasteiger partial charge in [0.25, 0.3) is 5.91 Å². The Bertz CT molecular complexity index is 1490. The molecule has 2 aromatic carbocycles. The highest BCUT2D eigenvalue weighted by Gasteiger charge is 2.24. The molecule has 0 atom stereocenters. The molecule has 8 heteroatoms. The molecule has 3 heterocycles. The van der Waals surface area contributed by atoms with E-state index in [1.807, 2.05) is 66.8 Å². The van der Waals surface area contributed by atoms with Crippen molar-refractivity contribution in [2.75, 3.05) is 32.1 Å². The average Bonchev–Trinajstić information content (AvgIpc) is 3.49. The van der Waals surface area contributed by atoms with Gasteiger partial charge in [0.2, 0.25) is 0 Å². The van der Waals surface area contributed by atoms with E-state index in [4.69, 9.17) is 9.97 Å². The molecule has 0 fully saturated rings. The zero-order valence-electron chi connectivity index (χ0n) is 20.1. The first-order valence-electron chi connectivity index (χ1n) is 11.2. The van der Waals surface area contributed by atoms with E-state index in [-0.39, 0.29) is 18.3 Å². The highest BCUT2D eigenvalue weighted by Crippen LogP contribution is 2.34. The second kappa shape index (κ2) is 10.4. The first-order chi connectivity index (χ1) is 16.4. The average molecular weight is 523 g/mol. The van der Waals surface area contributed by atoms with Crippen LogP contribution in [0.2, 0.25) is 0 Å². The van der Waals surface area contributed by atoms with Gasteiger partial charge in [-0.1, -0.05) is 41.7 Å². The van der Waals surface area contributed by atoms with Crippen LogP contribution >= 0.6 is 35.1 Å². The minimum Gasteiger partial charge on any atom is -0.308 e. The molecule has 0 aliphatic heterocycles. The fourth-order valence-electron chi connectivity index (χ4n) is 4.11. The van der Waals surface area contributed by atoms with Gasteiger partial charge in [-0.15, -0.1) is 23.7 Å². The number of rotatable bonds is 6.